The lowest BCUT2D eigenvalue weighted by Gasteiger charge is -2.20. The van der Waals surface area contributed by atoms with Crippen molar-refractivity contribution < 1.29 is 9.59 Å². The van der Waals surface area contributed by atoms with Crippen molar-refractivity contribution >= 4 is 11.8 Å². The number of nitrogens with one attached hydrogen (secondary N) is 2. The van der Waals surface area contributed by atoms with Gasteiger partial charge >= 0.3 is 0 Å². The third-order valence-corrected chi connectivity index (χ3v) is 2.44. The second kappa shape index (κ2) is 5.46. The molecule has 1 aliphatic rings. The third-order valence-electron chi connectivity index (χ3n) is 2.44. The highest BCUT2D eigenvalue weighted by Gasteiger charge is 2.24. The first-order valence-corrected chi connectivity index (χ1v) is 5.23. The van der Waals surface area contributed by atoms with Crippen molar-refractivity contribution in [3.05, 3.63) is 23.8 Å². The molecule has 1 atom stereocenters. The minimum Gasteiger partial charge on any atom is -0.340 e. The van der Waals surface area contributed by atoms with Crippen LogP contribution in [0.5, 0.6) is 0 Å². The Balaban J connectivity index is 2.61. The molecule has 0 aromatic carbocycles. The van der Waals surface area contributed by atoms with E-state index < -0.39 is 6.04 Å². The Bertz CT molecular complexity index is 345. The zero-order valence-electron chi connectivity index (χ0n) is 9.49. The fourth-order valence-electron chi connectivity index (χ4n) is 1.47. The normalized spacial score (nSPS) is 15.9. The molecule has 5 nitrogen and oxygen atoms in total. The number of amides is 2. The fraction of sp³-hybridized carbons (Fsp3) is 0.455. The summed E-state index contributed by atoms with van der Waals surface area (Å²) in [7, 11) is 0. The second-order valence-electron chi connectivity index (χ2n) is 4.03. The molecule has 0 unspecified atom stereocenters. The molecule has 0 saturated carbocycles. The summed E-state index contributed by atoms with van der Waals surface area (Å²) in [4.78, 5) is 23.2. The first-order chi connectivity index (χ1) is 7.56. The van der Waals surface area contributed by atoms with Gasteiger partial charge in [0.2, 0.25) is 5.91 Å². The molecule has 0 heterocycles. The highest BCUT2D eigenvalue weighted by Crippen LogP contribution is 2.11. The van der Waals surface area contributed by atoms with Crippen molar-refractivity contribution in [1.82, 2.24) is 10.7 Å². The molecule has 0 saturated heterocycles. The van der Waals surface area contributed by atoms with Gasteiger partial charge in [-0.3, -0.25) is 15.0 Å². The molecule has 0 aromatic heterocycles. The maximum Gasteiger partial charge on any atom is 0.256 e. The van der Waals surface area contributed by atoms with Crippen LogP contribution in [-0.4, -0.2) is 17.9 Å². The predicted octanol–water partition coefficient (Wildman–Crippen LogP) is 0.00340. The molecule has 0 aliphatic heterocycles. The van der Waals surface area contributed by atoms with Gasteiger partial charge in [0.1, 0.15) is 6.04 Å². The summed E-state index contributed by atoms with van der Waals surface area (Å²) in [6.07, 6.45) is 6.07. The molecule has 1 aliphatic carbocycles. The Kier molecular flexibility index (Phi) is 4.25. The summed E-state index contributed by atoms with van der Waals surface area (Å²) in [5.41, 5.74) is 2.72. The Labute approximate surface area is 94.7 Å². The summed E-state index contributed by atoms with van der Waals surface area (Å²) in [6.45, 7) is 3.70. The summed E-state index contributed by atoms with van der Waals surface area (Å²) in [5, 5.41) is 2.67. The Morgan fingerprint density at radius 1 is 1.44 bits per heavy atom. The Morgan fingerprint density at radius 2 is 2.12 bits per heavy atom. The molecular weight excluding hydrogens is 206 g/mol. The maximum absolute atomic E-state index is 11.7. The molecule has 1 rings (SSSR count). The van der Waals surface area contributed by atoms with Gasteiger partial charge in [0.05, 0.1) is 0 Å². The second-order valence-corrected chi connectivity index (χ2v) is 4.03. The van der Waals surface area contributed by atoms with Crippen LogP contribution in [0, 0.1) is 5.92 Å². The van der Waals surface area contributed by atoms with Crippen LogP contribution in [-0.2, 0) is 9.59 Å². The van der Waals surface area contributed by atoms with Crippen LogP contribution < -0.4 is 16.6 Å². The van der Waals surface area contributed by atoms with Crippen LogP contribution in [0.2, 0.25) is 0 Å². The monoisotopic (exact) mass is 223 g/mol. The largest absolute Gasteiger partial charge is 0.340 e. The van der Waals surface area contributed by atoms with Gasteiger partial charge in [-0.05, 0) is 12.3 Å². The molecule has 2 amide bonds. The van der Waals surface area contributed by atoms with E-state index in [4.69, 9.17) is 5.84 Å². The van der Waals surface area contributed by atoms with Crippen LogP contribution in [0.3, 0.4) is 0 Å². The Morgan fingerprint density at radius 3 is 2.56 bits per heavy atom. The number of rotatable bonds is 4. The van der Waals surface area contributed by atoms with E-state index in [2.05, 4.69) is 10.7 Å². The van der Waals surface area contributed by atoms with Crippen LogP contribution >= 0.6 is 0 Å². The van der Waals surface area contributed by atoms with Crippen LogP contribution in [0.4, 0.5) is 0 Å². The first-order valence-electron chi connectivity index (χ1n) is 5.23. The Hall–Kier alpha value is -1.62. The van der Waals surface area contributed by atoms with Gasteiger partial charge in [0.25, 0.3) is 5.91 Å². The summed E-state index contributed by atoms with van der Waals surface area (Å²) in [6, 6.07) is -0.598. The molecule has 5 heteroatoms. The fourth-order valence-corrected chi connectivity index (χ4v) is 1.47. The van der Waals surface area contributed by atoms with Crippen LogP contribution in [0.1, 0.15) is 20.3 Å². The molecule has 16 heavy (non-hydrogen) atoms. The van der Waals surface area contributed by atoms with Gasteiger partial charge < -0.3 is 5.32 Å². The van der Waals surface area contributed by atoms with E-state index in [0.717, 1.165) is 0 Å². The lowest BCUT2D eigenvalue weighted by atomic mass is 10.0. The van der Waals surface area contributed by atoms with Crippen molar-refractivity contribution in [2.45, 2.75) is 26.3 Å². The zero-order chi connectivity index (χ0) is 12.1. The number of carbonyl (C=O) groups excluding carboxylic acids is 2. The van der Waals surface area contributed by atoms with E-state index in [0.29, 0.717) is 12.0 Å². The zero-order valence-corrected chi connectivity index (χ0v) is 9.49. The van der Waals surface area contributed by atoms with Gasteiger partial charge in [-0.2, -0.15) is 0 Å². The van der Waals surface area contributed by atoms with Gasteiger partial charge in [0, 0.05) is 5.57 Å². The van der Waals surface area contributed by atoms with Gasteiger partial charge in [-0.1, -0.05) is 32.1 Å². The summed E-state index contributed by atoms with van der Waals surface area (Å²) < 4.78 is 0. The van der Waals surface area contributed by atoms with Gasteiger partial charge in [-0.25, -0.2) is 5.84 Å². The average molecular weight is 223 g/mol. The van der Waals surface area contributed by atoms with E-state index in [-0.39, 0.29) is 17.7 Å². The SMILES string of the molecule is CC(C)[C@H](NC(=O)C1=CC=CC1)C(=O)NN. The van der Waals surface area contributed by atoms with Crippen molar-refractivity contribution in [3.8, 4) is 0 Å². The van der Waals surface area contributed by atoms with Crippen LogP contribution in [0.25, 0.3) is 0 Å². The molecule has 0 radical (unpaired) electrons. The summed E-state index contributed by atoms with van der Waals surface area (Å²) in [5.74, 6) is 4.46. The third kappa shape index (κ3) is 2.93. The summed E-state index contributed by atoms with van der Waals surface area (Å²) >= 11 is 0. The lowest BCUT2D eigenvalue weighted by molar-refractivity contribution is -0.128. The molecule has 88 valence electrons. The van der Waals surface area contributed by atoms with Crippen molar-refractivity contribution in [2.75, 3.05) is 0 Å². The number of hydrogen-bond acceptors (Lipinski definition) is 3. The minimum absolute atomic E-state index is 0.0116. The first kappa shape index (κ1) is 12.4. The van der Waals surface area contributed by atoms with E-state index in [1.807, 2.05) is 26.0 Å². The highest BCUT2D eigenvalue weighted by molar-refractivity contribution is 5.97. The van der Waals surface area contributed by atoms with E-state index in [1.54, 1.807) is 6.08 Å². The molecule has 0 fully saturated rings. The number of hydrogen-bond donors (Lipinski definition) is 3. The van der Waals surface area contributed by atoms with E-state index >= 15 is 0 Å². The molecule has 0 bridgehead atoms. The molecular formula is C11H17N3O2. The van der Waals surface area contributed by atoms with Crippen LogP contribution in [0.15, 0.2) is 23.8 Å². The average Bonchev–Trinajstić information content (AvgIpc) is 2.77. The number of hydrazine groups is 1. The lowest BCUT2D eigenvalue weighted by Crippen LogP contribution is -2.51. The van der Waals surface area contributed by atoms with Gasteiger partial charge in [0.15, 0.2) is 0 Å². The topological polar surface area (TPSA) is 84.2 Å². The highest BCUT2D eigenvalue weighted by atomic mass is 16.2. The predicted molar refractivity (Wildman–Crippen MR) is 60.9 cm³/mol. The smallest absolute Gasteiger partial charge is 0.256 e. The quantitative estimate of drug-likeness (QED) is 0.356. The molecule has 4 N–H and O–H groups in total. The van der Waals surface area contributed by atoms with Crippen molar-refractivity contribution in [2.24, 2.45) is 11.8 Å². The number of allylic oxidation sites excluding steroid dienone is 3. The van der Waals surface area contributed by atoms with Crippen molar-refractivity contribution in [1.29, 1.82) is 0 Å². The number of nitrogens with two attached hydrogens (primary N) is 1. The standard InChI is InChI=1S/C11H17N3O2/c1-7(2)9(11(16)14-12)13-10(15)8-5-3-4-6-8/h3-5,7,9H,6,12H2,1-2H3,(H,13,15)(H,14,16)/t9-/m0/s1. The molecule has 0 aromatic rings. The minimum atomic E-state index is -0.598. The van der Waals surface area contributed by atoms with E-state index in [1.165, 1.54) is 0 Å². The van der Waals surface area contributed by atoms with Gasteiger partial charge in [-0.15, -0.1) is 0 Å². The van der Waals surface area contributed by atoms with E-state index in [9.17, 15) is 9.59 Å². The number of carbonyl (C=O) groups is 2. The van der Waals surface area contributed by atoms with Crippen molar-refractivity contribution in [3.63, 3.8) is 0 Å². The molecule has 0 spiro atoms. The maximum atomic E-state index is 11.7.